The van der Waals surface area contributed by atoms with Gasteiger partial charge in [-0.3, -0.25) is 0 Å². The molecule has 9 heteroatoms. The predicted molar refractivity (Wildman–Crippen MR) is 63.2 cm³/mol. The van der Waals surface area contributed by atoms with Crippen LogP contribution < -0.4 is 0 Å². The van der Waals surface area contributed by atoms with Crippen LogP contribution in [0.25, 0.3) is 0 Å². The van der Waals surface area contributed by atoms with Crippen molar-refractivity contribution in [3.05, 3.63) is 0 Å². The Kier molecular flexibility index (Phi) is 5.61. The fourth-order valence-electron chi connectivity index (χ4n) is 1.69. The summed E-state index contributed by atoms with van der Waals surface area (Å²) in [6.45, 7) is -0.572. The molecule has 112 valence electrons. The summed E-state index contributed by atoms with van der Waals surface area (Å²) in [7, 11) is 0. The summed E-state index contributed by atoms with van der Waals surface area (Å²) < 4.78 is 21.8. The van der Waals surface area contributed by atoms with Gasteiger partial charge in [0.25, 0.3) is 0 Å². The Labute approximate surface area is 112 Å². The number of hydrogen-bond donors (Lipinski definition) is 4. The Hall–Kier alpha value is -0.372. The van der Waals surface area contributed by atoms with Crippen molar-refractivity contribution in [3.8, 4) is 0 Å². The molecule has 5 atom stereocenters. The summed E-state index contributed by atoms with van der Waals surface area (Å²) >= 11 is -3.06. The summed E-state index contributed by atoms with van der Waals surface area (Å²) in [5.74, 6) is -1.46. The monoisotopic (exact) mass is 342 g/mol. The third-order valence-electron chi connectivity index (χ3n) is 2.64. The third kappa shape index (κ3) is 4.90. The molecule has 1 aliphatic heterocycles. The van der Waals surface area contributed by atoms with Gasteiger partial charge in [0.05, 0.1) is 0 Å². The fourth-order valence-corrected chi connectivity index (χ4v) is 4.15. The predicted octanol–water partition coefficient (Wildman–Crippen LogP) is -1.47. The maximum absolute atomic E-state index is 11.7. The second-order valence-electron chi connectivity index (χ2n) is 4.97. The Morgan fingerprint density at radius 3 is 2.42 bits per heavy atom. The van der Waals surface area contributed by atoms with Gasteiger partial charge in [-0.15, -0.1) is 0 Å². The van der Waals surface area contributed by atoms with Gasteiger partial charge in [-0.05, 0) is 0 Å². The van der Waals surface area contributed by atoms with Crippen LogP contribution in [0, 0.1) is 0 Å². The minimum atomic E-state index is -3.06. The van der Waals surface area contributed by atoms with Crippen LogP contribution in [-0.4, -0.2) is 77.2 Å². The molecular formula is C10H19AsO8. The van der Waals surface area contributed by atoms with Crippen LogP contribution in [0.15, 0.2) is 0 Å². The molecule has 0 amide bonds. The third-order valence-corrected chi connectivity index (χ3v) is 5.24. The van der Waals surface area contributed by atoms with Gasteiger partial charge in [0.15, 0.2) is 0 Å². The SMILES string of the molecule is C[As](C)(=O)C[C@H]1O[C@@H](OCC(O)C(=O)O)[C@H](O)[C@@H]1O. The van der Waals surface area contributed by atoms with Crippen molar-refractivity contribution in [2.24, 2.45) is 0 Å². The van der Waals surface area contributed by atoms with Crippen LogP contribution in [0.4, 0.5) is 0 Å². The standard InChI is InChI=1S/C10H19AsO8/c1-11(2,17)3-6-7(13)8(14)10(19-6)18-4-5(12)9(15)16/h5-8,10,12-14H,3-4H2,1-2H3,(H,15,16)/t5?,6-,7-,8-,10-/m1/s1. The summed E-state index contributed by atoms with van der Waals surface area (Å²) in [6.07, 6.45) is -6.41. The van der Waals surface area contributed by atoms with Crippen molar-refractivity contribution in [1.82, 2.24) is 0 Å². The average molecular weight is 342 g/mol. The molecule has 19 heavy (non-hydrogen) atoms. The van der Waals surface area contributed by atoms with E-state index in [0.717, 1.165) is 0 Å². The van der Waals surface area contributed by atoms with Gasteiger partial charge < -0.3 is 0 Å². The molecule has 1 aliphatic rings. The van der Waals surface area contributed by atoms with Crippen molar-refractivity contribution in [2.45, 2.75) is 47.3 Å². The topological polar surface area (TPSA) is 134 Å². The van der Waals surface area contributed by atoms with Crippen molar-refractivity contribution >= 4 is 19.5 Å². The number of carboxylic acids is 1. The van der Waals surface area contributed by atoms with Gasteiger partial charge >= 0.3 is 112 Å². The van der Waals surface area contributed by atoms with E-state index < -0.39 is 56.8 Å². The van der Waals surface area contributed by atoms with E-state index in [1.807, 2.05) is 0 Å². The van der Waals surface area contributed by atoms with Gasteiger partial charge in [0.2, 0.25) is 0 Å². The quantitative estimate of drug-likeness (QED) is 0.430. The Bertz CT molecular complexity index is 367. The molecule has 0 aromatic rings. The number of carbonyl (C=O) groups is 1. The van der Waals surface area contributed by atoms with Crippen molar-refractivity contribution < 1.29 is 38.4 Å². The molecule has 1 unspecified atom stereocenters. The molecule has 0 aliphatic carbocycles. The molecule has 0 radical (unpaired) electrons. The molecule has 0 bridgehead atoms. The first-order valence-electron chi connectivity index (χ1n) is 5.70. The van der Waals surface area contributed by atoms with Crippen LogP contribution in [0.1, 0.15) is 0 Å². The average Bonchev–Trinajstić information content (AvgIpc) is 2.52. The van der Waals surface area contributed by atoms with Crippen molar-refractivity contribution in [3.63, 3.8) is 0 Å². The summed E-state index contributed by atoms with van der Waals surface area (Å²) in [4.78, 5) is 10.4. The maximum atomic E-state index is 11.7. The van der Waals surface area contributed by atoms with E-state index in [9.17, 15) is 18.7 Å². The molecule has 1 heterocycles. The molecule has 0 aromatic heterocycles. The van der Waals surface area contributed by atoms with E-state index in [1.165, 1.54) is 0 Å². The van der Waals surface area contributed by atoms with Gasteiger partial charge in [-0.2, -0.15) is 0 Å². The normalized spacial score (nSPS) is 33.3. The molecule has 1 saturated heterocycles. The number of aliphatic hydroxyl groups is 3. The number of aliphatic hydroxyl groups excluding tert-OH is 3. The molecule has 1 rings (SSSR count). The van der Waals surface area contributed by atoms with Crippen LogP contribution in [-0.2, 0) is 18.0 Å². The zero-order valence-electron chi connectivity index (χ0n) is 10.7. The van der Waals surface area contributed by atoms with Crippen LogP contribution >= 0.6 is 0 Å². The summed E-state index contributed by atoms with van der Waals surface area (Å²) in [5, 5.41) is 37.0. The van der Waals surface area contributed by atoms with E-state index in [2.05, 4.69) is 0 Å². The summed E-state index contributed by atoms with van der Waals surface area (Å²) in [5.41, 5.74) is 3.17. The molecule has 4 N–H and O–H groups in total. The second kappa shape index (κ2) is 6.39. The first-order chi connectivity index (χ1) is 8.61. The van der Waals surface area contributed by atoms with Crippen molar-refractivity contribution in [2.75, 3.05) is 6.61 Å². The van der Waals surface area contributed by atoms with Gasteiger partial charge in [0, 0.05) is 0 Å². The zero-order chi connectivity index (χ0) is 14.8. The molecular weight excluding hydrogens is 323 g/mol. The van der Waals surface area contributed by atoms with Crippen LogP contribution in [0.3, 0.4) is 0 Å². The number of hydrogen-bond acceptors (Lipinski definition) is 7. The van der Waals surface area contributed by atoms with Gasteiger partial charge in [-0.25, -0.2) is 0 Å². The molecule has 0 aromatic carbocycles. The van der Waals surface area contributed by atoms with E-state index in [0.29, 0.717) is 0 Å². The Morgan fingerprint density at radius 1 is 1.37 bits per heavy atom. The van der Waals surface area contributed by atoms with E-state index in [1.54, 1.807) is 11.4 Å². The first-order valence-corrected chi connectivity index (χ1v) is 11.5. The van der Waals surface area contributed by atoms with Gasteiger partial charge in [-0.1, -0.05) is 0 Å². The molecule has 8 nitrogen and oxygen atoms in total. The van der Waals surface area contributed by atoms with E-state index >= 15 is 0 Å². The number of aliphatic carboxylic acids is 1. The number of rotatable bonds is 6. The van der Waals surface area contributed by atoms with Gasteiger partial charge in [0.1, 0.15) is 0 Å². The molecule has 0 spiro atoms. The van der Waals surface area contributed by atoms with Crippen LogP contribution in [0.5, 0.6) is 0 Å². The zero-order valence-corrected chi connectivity index (χ0v) is 12.5. The van der Waals surface area contributed by atoms with E-state index in [4.69, 9.17) is 19.7 Å². The second-order valence-corrected chi connectivity index (χ2v) is 12.3. The Morgan fingerprint density at radius 2 is 1.95 bits per heavy atom. The first kappa shape index (κ1) is 16.7. The van der Waals surface area contributed by atoms with Crippen LogP contribution in [0.2, 0.25) is 16.6 Å². The fraction of sp³-hybridized carbons (Fsp3) is 0.900. The van der Waals surface area contributed by atoms with Crippen molar-refractivity contribution in [1.29, 1.82) is 0 Å². The Balaban J connectivity index is 2.54. The van der Waals surface area contributed by atoms with E-state index in [-0.39, 0.29) is 5.21 Å². The number of carboxylic acid groups (broad SMARTS) is 1. The summed E-state index contributed by atoms with van der Waals surface area (Å²) in [6, 6.07) is 0. The molecule has 0 saturated carbocycles. The number of ether oxygens (including phenoxy) is 2. The molecule has 1 fully saturated rings. The minimum absolute atomic E-state index is 0.137.